The monoisotopic (exact) mass is 996 g/mol. The fourth-order valence-electron chi connectivity index (χ4n) is 14.1. The van der Waals surface area contributed by atoms with Gasteiger partial charge in [0.05, 0.1) is 5.69 Å². The summed E-state index contributed by atoms with van der Waals surface area (Å²) < 4.78 is 0. The fraction of sp³-hybridized carbons (Fsp3) is 0.333. The van der Waals surface area contributed by atoms with Crippen molar-refractivity contribution in [1.29, 1.82) is 0 Å². The maximum absolute atomic E-state index is 2.72. The van der Waals surface area contributed by atoms with E-state index in [1.807, 2.05) is 0 Å². The number of hydrogen-bond donors (Lipinski definition) is 0. The van der Waals surface area contributed by atoms with Crippen molar-refractivity contribution < 1.29 is 0 Å². The van der Waals surface area contributed by atoms with Crippen molar-refractivity contribution in [1.82, 2.24) is 0 Å². The largest absolute Gasteiger partial charge is 0.311 e. The van der Waals surface area contributed by atoms with Crippen LogP contribution in [0.15, 0.2) is 164 Å². The molecule has 12 rings (SSSR count). The van der Waals surface area contributed by atoms with Gasteiger partial charge in [0.25, 0.3) is 6.71 Å². The van der Waals surface area contributed by atoms with Crippen molar-refractivity contribution in [2.45, 2.75) is 156 Å². The molecule has 0 saturated carbocycles. The molecule has 0 spiro atoms. The van der Waals surface area contributed by atoms with Gasteiger partial charge in [-0.05, 0) is 192 Å². The Labute approximate surface area is 456 Å². The van der Waals surface area contributed by atoms with Gasteiger partial charge in [-0.15, -0.1) is 0 Å². The highest BCUT2D eigenvalue weighted by Gasteiger charge is 2.49. The first-order chi connectivity index (χ1) is 35.8. The van der Waals surface area contributed by atoms with E-state index in [-0.39, 0.29) is 39.2 Å². The maximum atomic E-state index is 2.72. The summed E-state index contributed by atoms with van der Waals surface area (Å²) >= 11 is 0. The summed E-state index contributed by atoms with van der Waals surface area (Å²) in [6.45, 7) is 36.3. The van der Waals surface area contributed by atoms with E-state index < -0.39 is 0 Å². The summed E-state index contributed by atoms with van der Waals surface area (Å²) in [5.74, 6) is 0. The standard InChI is InChI=1S/C72H78BN3/c1-46-37-54-56(70(10,11)36-35-69(54,8)9)43-61(46)76-62-41-52(74(50-27-21-17-22-28-50)51-29-23-18-24-30-51)32-33-58(62)73-59-42-55-57(72(14,15)45-71(55,12)13)44-63(59)75(64-39-49(68(5,6)7)40-65(76)66(64)73)60-34-31-48(67(2,3)4)38-53(60)47-25-19-16-20-26-47/h16-34,37-44H,35-36,45H2,1-15H3. The maximum Gasteiger partial charge on any atom is 0.252 e. The molecule has 0 amide bonds. The molecular weight excluding hydrogens is 918 g/mol. The first kappa shape index (κ1) is 50.1. The van der Waals surface area contributed by atoms with Gasteiger partial charge in [-0.25, -0.2) is 0 Å². The zero-order valence-corrected chi connectivity index (χ0v) is 48.1. The van der Waals surface area contributed by atoms with Crippen LogP contribution in [0.3, 0.4) is 0 Å². The predicted molar refractivity (Wildman–Crippen MR) is 329 cm³/mol. The van der Waals surface area contributed by atoms with Crippen molar-refractivity contribution in [2.24, 2.45) is 0 Å². The number of hydrogen-bond acceptors (Lipinski definition) is 3. The van der Waals surface area contributed by atoms with Crippen LogP contribution in [0, 0.1) is 6.92 Å². The predicted octanol–water partition coefficient (Wildman–Crippen LogP) is 18.1. The lowest BCUT2D eigenvalue weighted by Crippen LogP contribution is -2.61. The number of anilines is 9. The number of aryl methyl sites for hydroxylation is 1. The van der Waals surface area contributed by atoms with E-state index in [9.17, 15) is 0 Å². The van der Waals surface area contributed by atoms with Crippen molar-refractivity contribution in [3.63, 3.8) is 0 Å². The third-order valence-electron chi connectivity index (χ3n) is 18.3. The van der Waals surface area contributed by atoms with Crippen molar-refractivity contribution in [3.05, 3.63) is 203 Å². The molecule has 0 N–H and O–H groups in total. The van der Waals surface area contributed by atoms with Gasteiger partial charge in [0.2, 0.25) is 0 Å². The van der Waals surface area contributed by atoms with Crippen LogP contribution >= 0.6 is 0 Å². The van der Waals surface area contributed by atoms with E-state index in [2.05, 4.69) is 282 Å². The molecule has 384 valence electrons. The van der Waals surface area contributed by atoms with Crippen LogP contribution in [0.1, 0.15) is 155 Å². The van der Waals surface area contributed by atoms with Crippen molar-refractivity contribution in [2.75, 3.05) is 14.7 Å². The van der Waals surface area contributed by atoms with E-state index in [1.165, 1.54) is 107 Å². The zero-order valence-electron chi connectivity index (χ0n) is 48.1. The van der Waals surface area contributed by atoms with E-state index in [0.29, 0.717) is 0 Å². The number of fused-ring (bicyclic) bond motifs is 6. The van der Waals surface area contributed by atoms with Crippen molar-refractivity contribution >= 4 is 74.3 Å². The Balaban J connectivity index is 1.24. The quantitative estimate of drug-likeness (QED) is 0.154. The van der Waals surface area contributed by atoms with Crippen LogP contribution in [-0.2, 0) is 32.5 Å². The van der Waals surface area contributed by atoms with Gasteiger partial charge in [0.15, 0.2) is 0 Å². The first-order valence-corrected chi connectivity index (χ1v) is 28.2. The Hall–Kier alpha value is -6.78. The second kappa shape index (κ2) is 17.1. The minimum atomic E-state index is -0.169. The molecule has 0 bridgehead atoms. The highest BCUT2D eigenvalue weighted by Crippen LogP contribution is 2.56. The SMILES string of the molecule is Cc1cc2c(cc1N1c3cc(N(c4ccccc4)c4ccccc4)ccc3B3c4cc5c(cc4N(c4ccc(C(C)(C)C)cc4-c4ccccc4)c4cc(C(C)(C)C)cc1c43)C(C)(C)CC5(C)C)C(C)(C)CCC2(C)C. The molecule has 2 heterocycles. The summed E-state index contributed by atoms with van der Waals surface area (Å²) in [5, 5.41) is 0. The Morgan fingerprint density at radius 2 is 0.895 bits per heavy atom. The summed E-state index contributed by atoms with van der Waals surface area (Å²) in [6.07, 6.45) is 3.42. The van der Waals surface area contributed by atoms with Gasteiger partial charge in [0.1, 0.15) is 0 Å². The molecule has 0 unspecified atom stereocenters. The summed E-state index contributed by atoms with van der Waals surface area (Å²) in [7, 11) is 0. The molecule has 2 aliphatic heterocycles. The van der Waals surface area contributed by atoms with Gasteiger partial charge in [-0.3, -0.25) is 0 Å². The number of para-hydroxylation sites is 2. The number of rotatable bonds is 6. The molecule has 4 aliphatic rings. The number of nitrogens with zero attached hydrogens (tertiary/aromatic N) is 3. The summed E-state index contributed by atoms with van der Waals surface area (Å²) in [5.41, 5.74) is 27.2. The summed E-state index contributed by atoms with van der Waals surface area (Å²) in [6, 6.07) is 63.5. The zero-order chi connectivity index (χ0) is 53.6. The molecule has 0 radical (unpaired) electrons. The minimum absolute atomic E-state index is 0.00152. The lowest BCUT2D eigenvalue weighted by atomic mass is 9.33. The molecule has 8 aromatic rings. The van der Waals surface area contributed by atoms with Gasteiger partial charge in [-0.2, -0.15) is 0 Å². The van der Waals surface area contributed by atoms with Gasteiger partial charge < -0.3 is 14.7 Å². The Bertz CT molecular complexity index is 3570. The van der Waals surface area contributed by atoms with Crippen LogP contribution in [-0.4, -0.2) is 6.71 Å². The second-order valence-electron chi connectivity index (χ2n) is 27.7. The Morgan fingerprint density at radius 3 is 1.46 bits per heavy atom. The topological polar surface area (TPSA) is 9.72 Å². The highest BCUT2D eigenvalue weighted by atomic mass is 15.2. The Kier molecular flexibility index (Phi) is 11.3. The second-order valence-corrected chi connectivity index (χ2v) is 27.7. The molecule has 76 heavy (non-hydrogen) atoms. The lowest BCUT2D eigenvalue weighted by Gasteiger charge is -2.47. The molecule has 8 aromatic carbocycles. The Morgan fingerprint density at radius 1 is 0.408 bits per heavy atom. The highest BCUT2D eigenvalue weighted by molar-refractivity contribution is 7.00. The third-order valence-corrected chi connectivity index (χ3v) is 18.3. The molecule has 0 fully saturated rings. The van der Waals surface area contributed by atoms with Crippen LogP contribution in [0.2, 0.25) is 0 Å². The fourth-order valence-corrected chi connectivity index (χ4v) is 14.1. The molecule has 0 aromatic heterocycles. The van der Waals surface area contributed by atoms with Crippen LogP contribution in [0.5, 0.6) is 0 Å². The van der Waals surface area contributed by atoms with E-state index in [4.69, 9.17) is 0 Å². The van der Waals surface area contributed by atoms with E-state index >= 15 is 0 Å². The number of benzene rings is 8. The molecule has 3 nitrogen and oxygen atoms in total. The van der Waals surface area contributed by atoms with Crippen LogP contribution in [0.25, 0.3) is 11.1 Å². The normalized spacial score (nSPS) is 17.3. The smallest absolute Gasteiger partial charge is 0.252 e. The summed E-state index contributed by atoms with van der Waals surface area (Å²) in [4.78, 5) is 7.87. The molecule has 2 aliphatic carbocycles. The van der Waals surface area contributed by atoms with Crippen molar-refractivity contribution in [3.8, 4) is 11.1 Å². The molecule has 0 saturated heterocycles. The van der Waals surface area contributed by atoms with Crippen LogP contribution < -0.4 is 31.1 Å². The van der Waals surface area contributed by atoms with Gasteiger partial charge in [0, 0.05) is 51.1 Å². The average molecular weight is 996 g/mol. The van der Waals surface area contributed by atoms with E-state index in [0.717, 1.165) is 29.9 Å². The first-order valence-electron chi connectivity index (χ1n) is 28.2. The molecular formula is C72H78BN3. The minimum Gasteiger partial charge on any atom is -0.311 e. The van der Waals surface area contributed by atoms with Gasteiger partial charge in [-0.1, -0.05) is 188 Å². The van der Waals surface area contributed by atoms with Crippen LogP contribution in [0.4, 0.5) is 51.2 Å². The lowest BCUT2D eigenvalue weighted by molar-refractivity contribution is 0.332. The molecule has 0 atom stereocenters. The van der Waals surface area contributed by atoms with Gasteiger partial charge >= 0.3 is 0 Å². The van der Waals surface area contributed by atoms with E-state index in [1.54, 1.807) is 0 Å². The third kappa shape index (κ3) is 7.98. The molecule has 4 heteroatoms. The average Bonchev–Trinajstić information content (AvgIpc) is 3.71.